The summed E-state index contributed by atoms with van der Waals surface area (Å²) in [6, 6.07) is 8.02. The molecule has 6 nitrogen and oxygen atoms in total. The number of nitrogens with zero attached hydrogens (tertiary/aromatic N) is 3. The van der Waals surface area contributed by atoms with Gasteiger partial charge in [0.25, 0.3) is 5.91 Å². The maximum Gasteiger partial charge on any atom is 0.433 e. The van der Waals surface area contributed by atoms with Crippen molar-refractivity contribution in [2.75, 3.05) is 13.1 Å². The zero-order valence-electron chi connectivity index (χ0n) is 15.0. The molecule has 0 bridgehead atoms. The Morgan fingerprint density at radius 3 is 2.39 bits per heavy atom. The van der Waals surface area contributed by atoms with Gasteiger partial charge in [-0.05, 0) is 36.3 Å². The van der Waals surface area contributed by atoms with Crippen LogP contribution < -0.4 is 0 Å². The van der Waals surface area contributed by atoms with E-state index in [0.29, 0.717) is 13.0 Å². The lowest BCUT2D eigenvalue weighted by atomic mass is 10.0. The van der Waals surface area contributed by atoms with Crippen LogP contribution in [0.15, 0.2) is 30.5 Å². The molecule has 2 aromatic rings. The van der Waals surface area contributed by atoms with Crippen molar-refractivity contribution in [1.29, 1.82) is 0 Å². The lowest BCUT2D eigenvalue weighted by Gasteiger charge is -2.28. The number of hydrogen-bond acceptors (Lipinski definition) is 3. The number of nitrogens with one attached hydrogen (secondary N) is 1. The molecule has 0 spiro atoms. The fourth-order valence-corrected chi connectivity index (χ4v) is 4.03. The van der Waals surface area contributed by atoms with E-state index in [1.807, 2.05) is 29.4 Å². The third kappa shape index (κ3) is 3.36. The Morgan fingerprint density at radius 2 is 1.75 bits per heavy atom. The number of alkyl halides is 3. The highest BCUT2D eigenvalue weighted by Crippen LogP contribution is 2.32. The standard InChI is InChI=1S/C19H19F3N4O2/c20-19(21,22)17-15(11-23-24-17)18(28)26-7-3-6-25(26)16(27)10-12-8-13-4-1-2-5-14(13)9-12/h1-2,4-5,11-12H,3,6-10H2,(H,23,24). The van der Waals surface area contributed by atoms with Crippen molar-refractivity contribution in [2.45, 2.75) is 31.9 Å². The zero-order valence-corrected chi connectivity index (χ0v) is 15.0. The molecule has 148 valence electrons. The first-order chi connectivity index (χ1) is 13.3. The summed E-state index contributed by atoms with van der Waals surface area (Å²) in [5.41, 5.74) is 0.689. The van der Waals surface area contributed by atoms with Gasteiger partial charge in [0.2, 0.25) is 5.91 Å². The highest BCUT2D eigenvalue weighted by atomic mass is 19.4. The van der Waals surface area contributed by atoms with Crippen molar-refractivity contribution in [2.24, 2.45) is 5.92 Å². The van der Waals surface area contributed by atoms with Gasteiger partial charge in [0.1, 0.15) is 0 Å². The predicted molar refractivity (Wildman–Crippen MR) is 92.9 cm³/mol. The Hall–Kier alpha value is -2.84. The number of aromatic amines is 1. The van der Waals surface area contributed by atoms with Gasteiger partial charge < -0.3 is 0 Å². The molecule has 1 aromatic heterocycles. The largest absolute Gasteiger partial charge is 0.433 e. The first-order valence-corrected chi connectivity index (χ1v) is 9.14. The molecule has 1 saturated heterocycles. The summed E-state index contributed by atoms with van der Waals surface area (Å²) in [4.78, 5) is 25.5. The molecular formula is C19H19F3N4O2. The third-order valence-corrected chi connectivity index (χ3v) is 5.31. The van der Waals surface area contributed by atoms with E-state index in [1.165, 1.54) is 16.1 Å². The minimum atomic E-state index is -4.72. The van der Waals surface area contributed by atoms with Crippen LogP contribution in [0, 0.1) is 5.92 Å². The van der Waals surface area contributed by atoms with Crippen LogP contribution in [0.4, 0.5) is 13.2 Å². The van der Waals surface area contributed by atoms with Gasteiger partial charge in [0.15, 0.2) is 5.69 Å². The number of fused-ring (bicyclic) bond motifs is 1. The summed E-state index contributed by atoms with van der Waals surface area (Å²) in [6.45, 7) is 0.529. The van der Waals surface area contributed by atoms with Gasteiger partial charge in [-0.2, -0.15) is 18.3 Å². The minimum absolute atomic E-state index is 0.141. The number of carbonyl (C=O) groups excluding carboxylic acids is 2. The van der Waals surface area contributed by atoms with Crippen molar-refractivity contribution in [3.63, 3.8) is 0 Å². The normalized spacial score (nSPS) is 17.2. The zero-order chi connectivity index (χ0) is 19.9. The molecule has 9 heteroatoms. The lowest BCUT2D eigenvalue weighted by Crippen LogP contribution is -2.45. The van der Waals surface area contributed by atoms with Crippen molar-refractivity contribution < 1.29 is 22.8 Å². The Labute approximate surface area is 159 Å². The van der Waals surface area contributed by atoms with E-state index in [4.69, 9.17) is 0 Å². The van der Waals surface area contributed by atoms with Crippen LogP contribution in [0.5, 0.6) is 0 Å². The van der Waals surface area contributed by atoms with Crippen LogP contribution in [-0.4, -0.2) is 45.1 Å². The van der Waals surface area contributed by atoms with Gasteiger partial charge in [-0.3, -0.25) is 19.7 Å². The van der Waals surface area contributed by atoms with E-state index in [0.717, 1.165) is 24.0 Å². The molecule has 0 saturated carbocycles. The number of carbonyl (C=O) groups is 2. The smallest absolute Gasteiger partial charge is 0.273 e. The molecule has 28 heavy (non-hydrogen) atoms. The number of benzene rings is 1. The number of hydrogen-bond donors (Lipinski definition) is 1. The molecule has 2 heterocycles. The molecule has 2 amide bonds. The van der Waals surface area contributed by atoms with E-state index < -0.39 is 23.3 Å². The molecule has 4 rings (SSSR count). The summed E-state index contributed by atoms with van der Waals surface area (Å²) < 4.78 is 39.2. The Kier molecular flexibility index (Phi) is 4.60. The third-order valence-electron chi connectivity index (χ3n) is 5.31. The molecular weight excluding hydrogens is 373 g/mol. The van der Waals surface area contributed by atoms with Crippen molar-refractivity contribution in [3.8, 4) is 0 Å². The van der Waals surface area contributed by atoms with Gasteiger partial charge in [0.05, 0.1) is 11.8 Å². The monoisotopic (exact) mass is 392 g/mol. The highest BCUT2D eigenvalue weighted by Gasteiger charge is 2.41. The van der Waals surface area contributed by atoms with Gasteiger partial charge in [-0.15, -0.1) is 0 Å². The van der Waals surface area contributed by atoms with E-state index in [9.17, 15) is 22.8 Å². The van der Waals surface area contributed by atoms with Gasteiger partial charge >= 0.3 is 6.18 Å². The molecule has 2 aliphatic rings. The topological polar surface area (TPSA) is 69.3 Å². The number of rotatable bonds is 3. The predicted octanol–water partition coefficient (Wildman–Crippen LogP) is 2.82. The second-order valence-electron chi connectivity index (χ2n) is 7.20. The molecule has 1 aliphatic carbocycles. The number of hydrazine groups is 1. The first-order valence-electron chi connectivity index (χ1n) is 9.14. The quantitative estimate of drug-likeness (QED) is 0.873. The average Bonchev–Trinajstić information content (AvgIpc) is 3.37. The summed E-state index contributed by atoms with van der Waals surface area (Å²) in [7, 11) is 0. The summed E-state index contributed by atoms with van der Waals surface area (Å²) in [5.74, 6) is -0.954. The van der Waals surface area contributed by atoms with Gasteiger partial charge in [-0.1, -0.05) is 24.3 Å². The second kappa shape index (κ2) is 6.96. The van der Waals surface area contributed by atoms with E-state index >= 15 is 0 Å². The number of H-pyrrole nitrogens is 1. The second-order valence-corrected chi connectivity index (χ2v) is 7.20. The van der Waals surface area contributed by atoms with Crippen LogP contribution in [0.2, 0.25) is 0 Å². The molecule has 0 atom stereocenters. The fourth-order valence-electron chi connectivity index (χ4n) is 4.03. The minimum Gasteiger partial charge on any atom is -0.273 e. The van der Waals surface area contributed by atoms with Crippen LogP contribution in [0.1, 0.15) is 40.0 Å². The number of aromatic nitrogens is 2. The molecule has 1 N–H and O–H groups in total. The van der Waals surface area contributed by atoms with Crippen LogP contribution in [0.3, 0.4) is 0 Å². The van der Waals surface area contributed by atoms with Crippen molar-refractivity contribution >= 4 is 11.8 Å². The van der Waals surface area contributed by atoms with Crippen molar-refractivity contribution in [1.82, 2.24) is 20.2 Å². The lowest BCUT2D eigenvalue weighted by molar-refractivity contribution is -0.142. The van der Waals surface area contributed by atoms with E-state index in [1.54, 1.807) is 0 Å². The number of amides is 2. The highest BCUT2D eigenvalue weighted by molar-refractivity contribution is 5.96. The first kappa shape index (κ1) is 18.5. The molecule has 0 unspecified atom stereocenters. The summed E-state index contributed by atoms with van der Waals surface area (Å²) in [6.07, 6.45) is -1.48. The maximum absolute atomic E-state index is 13.1. The Balaban J connectivity index is 1.46. The van der Waals surface area contributed by atoms with Crippen LogP contribution >= 0.6 is 0 Å². The van der Waals surface area contributed by atoms with Gasteiger partial charge in [0, 0.05) is 19.5 Å². The average molecular weight is 392 g/mol. The SMILES string of the molecule is O=C(CC1Cc2ccccc2C1)N1CCCN1C(=O)c1cn[nH]c1C(F)(F)F. The Morgan fingerprint density at radius 1 is 1.11 bits per heavy atom. The van der Waals surface area contributed by atoms with Crippen LogP contribution in [-0.2, 0) is 23.8 Å². The van der Waals surface area contributed by atoms with E-state index in [2.05, 4.69) is 5.10 Å². The molecule has 1 aromatic carbocycles. The van der Waals surface area contributed by atoms with Crippen molar-refractivity contribution in [3.05, 3.63) is 52.8 Å². The molecule has 0 radical (unpaired) electrons. The van der Waals surface area contributed by atoms with Crippen LogP contribution in [0.25, 0.3) is 0 Å². The number of halogens is 3. The van der Waals surface area contributed by atoms with E-state index in [-0.39, 0.29) is 24.8 Å². The summed E-state index contributed by atoms with van der Waals surface area (Å²) >= 11 is 0. The molecule has 1 fully saturated rings. The summed E-state index contributed by atoms with van der Waals surface area (Å²) in [5, 5.41) is 7.60. The van der Waals surface area contributed by atoms with Gasteiger partial charge in [-0.25, -0.2) is 5.01 Å². The fraction of sp³-hybridized carbons (Fsp3) is 0.421. The Bertz CT molecular complexity index is 884. The maximum atomic E-state index is 13.1. The molecule has 1 aliphatic heterocycles.